The third-order valence-corrected chi connectivity index (χ3v) is 6.43. The third kappa shape index (κ3) is 3.95. The van der Waals surface area contributed by atoms with E-state index in [9.17, 15) is 14.4 Å². The van der Waals surface area contributed by atoms with E-state index in [1.54, 1.807) is 0 Å². The first-order valence-corrected chi connectivity index (χ1v) is 10.4. The molecule has 2 aromatic rings. The predicted molar refractivity (Wildman–Crippen MR) is 112 cm³/mol. The maximum atomic E-state index is 12.8. The second-order valence-electron chi connectivity index (χ2n) is 8.24. The van der Waals surface area contributed by atoms with Crippen LogP contribution in [0.1, 0.15) is 59.6 Å². The number of carbonyl (C=O) groups is 3. The summed E-state index contributed by atoms with van der Waals surface area (Å²) >= 11 is 0. The highest BCUT2D eigenvalue weighted by atomic mass is 16.4. The zero-order valence-electron chi connectivity index (χ0n) is 16.8. The molecule has 0 aromatic heterocycles. The standard InChI is InChI=1S/C24H26N2O4/c27-21(10-11-22(28)29)25-20-16-24(19-9-5-4-8-18(19)20)12-14-26(15-13-24)23(30)17-6-2-1-3-7-17/h1-9,20H,10-16H2,(H,25,27)(H,28,29). The van der Waals surface area contributed by atoms with Crippen molar-refractivity contribution in [1.82, 2.24) is 10.2 Å². The average Bonchev–Trinajstić information content (AvgIpc) is 3.06. The Balaban J connectivity index is 1.47. The zero-order valence-corrected chi connectivity index (χ0v) is 16.8. The molecule has 2 amide bonds. The number of hydrogen-bond donors (Lipinski definition) is 2. The minimum atomic E-state index is -0.969. The Kier molecular flexibility index (Phi) is 5.57. The van der Waals surface area contributed by atoms with Gasteiger partial charge in [-0.05, 0) is 42.5 Å². The van der Waals surface area contributed by atoms with Gasteiger partial charge in [0.25, 0.3) is 5.91 Å². The monoisotopic (exact) mass is 406 g/mol. The van der Waals surface area contributed by atoms with Gasteiger partial charge >= 0.3 is 5.97 Å². The van der Waals surface area contributed by atoms with Crippen molar-refractivity contribution in [3.63, 3.8) is 0 Å². The van der Waals surface area contributed by atoms with Crippen LogP contribution in [0.3, 0.4) is 0 Å². The molecule has 156 valence electrons. The molecule has 4 rings (SSSR count). The summed E-state index contributed by atoms with van der Waals surface area (Å²) in [6.07, 6.45) is 2.31. The van der Waals surface area contributed by atoms with Crippen molar-refractivity contribution in [2.45, 2.75) is 43.6 Å². The third-order valence-electron chi connectivity index (χ3n) is 6.43. The minimum absolute atomic E-state index is 0.0135. The number of carboxylic acids is 1. The van der Waals surface area contributed by atoms with E-state index < -0.39 is 5.97 Å². The molecule has 1 aliphatic heterocycles. The Morgan fingerprint density at radius 1 is 0.967 bits per heavy atom. The van der Waals surface area contributed by atoms with Crippen LogP contribution in [0.2, 0.25) is 0 Å². The molecule has 1 spiro atoms. The van der Waals surface area contributed by atoms with Crippen molar-refractivity contribution in [2.24, 2.45) is 0 Å². The highest BCUT2D eigenvalue weighted by molar-refractivity contribution is 5.94. The van der Waals surface area contributed by atoms with Crippen LogP contribution >= 0.6 is 0 Å². The van der Waals surface area contributed by atoms with Crippen LogP contribution in [0.4, 0.5) is 0 Å². The summed E-state index contributed by atoms with van der Waals surface area (Å²) in [6, 6.07) is 17.4. The first kappa shape index (κ1) is 20.1. The van der Waals surface area contributed by atoms with E-state index in [-0.39, 0.29) is 36.1 Å². The number of hydrogen-bond acceptors (Lipinski definition) is 3. The fraction of sp³-hybridized carbons (Fsp3) is 0.375. The summed E-state index contributed by atoms with van der Waals surface area (Å²) in [5, 5.41) is 11.9. The maximum Gasteiger partial charge on any atom is 0.303 e. The van der Waals surface area contributed by atoms with E-state index in [1.165, 1.54) is 5.56 Å². The van der Waals surface area contributed by atoms with Crippen LogP contribution in [-0.4, -0.2) is 40.9 Å². The normalized spacial score (nSPS) is 19.3. The molecular formula is C24H26N2O4. The van der Waals surface area contributed by atoms with Crippen molar-refractivity contribution in [3.8, 4) is 0 Å². The molecule has 1 fully saturated rings. The maximum absolute atomic E-state index is 12.8. The number of carboxylic acid groups (broad SMARTS) is 1. The number of fused-ring (bicyclic) bond motifs is 2. The quantitative estimate of drug-likeness (QED) is 0.798. The lowest BCUT2D eigenvalue weighted by atomic mass is 9.73. The molecule has 2 aliphatic rings. The van der Waals surface area contributed by atoms with E-state index in [2.05, 4.69) is 11.4 Å². The highest BCUT2D eigenvalue weighted by Gasteiger charge is 2.46. The molecule has 6 heteroatoms. The molecule has 2 aromatic carbocycles. The lowest BCUT2D eigenvalue weighted by molar-refractivity contribution is -0.139. The van der Waals surface area contributed by atoms with Crippen molar-refractivity contribution in [1.29, 1.82) is 0 Å². The second kappa shape index (κ2) is 8.30. The van der Waals surface area contributed by atoms with Gasteiger partial charge in [-0.25, -0.2) is 0 Å². The average molecular weight is 406 g/mol. The van der Waals surface area contributed by atoms with Crippen LogP contribution in [0.5, 0.6) is 0 Å². The number of likely N-dealkylation sites (tertiary alicyclic amines) is 1. The van der Waals surface area contributed by atoms with Gasteiger partial charge in [-0.15, -0.1) is 0 Å². The van der Waals surface area contributed by atoms with E-state index >= 15 is 0 Å². The summed E-state index contributed by atoms with van der Waals surface area (Å²) in [5.74, 6) is -1.13. The summed E-state index contributed by atoms with van der Waals surface area (Å²) in [7, 11) is 0. The topological polar surface area (TPSA) is 86.7 Å². The second-order valence-corrected chi connectivity index (χ2v) is 8.24. The summed E-state index contributed by atoms with van der Waals surface area (Å²) in [5.41, 5.74) is 3.02. The molecule has 0 bridgehead atoms. The lowest BCUT2D eigenvalue weighted by Gasteiger charge is -2.40. The first-order valence-electron chi connectivity index (χ1n) is 10.4. The minimum Gasteiger partial charge on any atom is -0.481 e. The SMILES string of the molecule is O=C(O)CCC(=O)NC1CC2(CCN(C(=O)c3ccccc3)CC2)c2ccccc21. The summed E-state index contributed by atoms with van der Waals surface area (Å²) in [4.78, 5) is 37.7. The van der Waals surface area contributed by atoms with E-state index in [0.717, 1.165) is 24.8 Å². The Morgan fingerprint density at radius 2 is 1.63 bits per heavy atom. The largest absolute Gasteiger partial charge is 0.481 e. The van der Waals surface area contributed by atoms with Gasteiger partial charge in [0.05, 0.1) is 12.5 Å². The van der Waals surface area contributed by atoms with Gasteiger partial charge in [-0.1, -0.05) is 42.5 Å². The molecule has 30 heavy (non-hydrogen) atoms. The van der Waals surface area contributed by atoms with E-state index in [1.807, 2.05) is 53.4 Å². The number of piperidine rings is 1. The van der Waals surface area contributed by atoms with Gasteiger partial charge in [-0.3, -0.25) is 14.4 Å². The van der Waals surface area contributed by atoms with Gasteiger partial charge in [0.2, 0.25) is 5.91 Å². The van der Waals surface area contributed by atoms with Crippen LogP contribution in [0, 0.1) is 0 Å². The molecule has 6 nitrogen and oxygen atoms in total. The number of amides is 2. The van der Waals surface area contributed by atoms with Crippen molar-refractivity contribution in [3.05, 3.63) is 71.3 Å². The van der Waals surface area contributed by atoms with Crippen molar-refractivity contribution in [2.75, 3.05) is 13.1 Å². The Morgan fingerprint density at radius 3 is 2.33 bits per heavy atom. The lowest BCUT2D eigenvalue weighted by Crippen LogP contribution is -2.44. The zero-order chi connectivity index (χ0) is 21.1. The molecule has 1 unspecified atom stereocenters. The van der Waals surface area contributed by atoms with E-state index in [0.29, 0.717) is 18.7 Å². The number of aliphatic carboxylic acids is 1. The summed E-state index contributed by atoms with van der Waals surface area (Å²) in [6.45, 7) is 1.36. The molecule has 0 radical (unpaired) electrons. The van der Waals surface area contributed by atoms with Gasteiger partial charge in [-0.2, -0.15) is 0 Å². The molecule has 1 saturated heterocycles. The molecular weight excluding hydrogens is 380 g/mol. The summed E-state index contributed by atoms with van der Waals surface area (Å²) < 4.78 is 0. The van der Waals surface area contributed by atoms with Gasteiger partial charge in [0, 0.05) is 30.5 Å². The predicted octanol–water partition coefficient (Wildman–Crippen LogP) is 3.29. The number of benzene rings is 2. The number of nitrogens with one attached hydrogen (secondary N) is 1. The van der Waals surface area contributed by atoms with Gasteiger partial charge < -0.3 is 15.3 Å². The van der Waals surface area contributed by atoms with Gasteiger partial charge in [0.15, 0.2) is 0 Å². The number of carbonyl (C=O) groups excluding carboxylic acids is 2. The highest BCUT2D eigenvalue weighted by Crippen LogP contribution is 2.50. The van der Waals surface area contributed by atoms with Crippen LogP contribution in [0.25, 0.3) is 0 Å². The Hall–Kier alpha value is -3.15. The fourth-order valence-electron chi connectivity index (χ4n) is 4.88. The molecule has 1 aliphatic carbocycles. The fourth-order valence-corrected chi connectivity index (χ4v) is 4.88. The molecule has 2 N–H and O–H groups in total. The van der Waals surface area contributed by atoms with E-state index in [4.69, 9.17) is 5.11 Å². The van der Waals surface area contributed by atoms with Gasteiger partial charge in [0.1, 0.15) is 0 Å². The molecule has 1 atom stereocenters. The van der Waals surface area contributed by atoms with Crippen LogP contribution in [0.15, 0.2) is 54.6 Å². The Labute approximate surface area is 175 Å². The van der Waals surface area contributed by atoms with Crippen LogP contribution in [-0.2, 0) is 15.0 Å². The smallest absolute Gasteiger partial charge is 0.303 e. The Bertz CT molecular complexity index is 949. The van der Waals surface area contributed by atoms with Crippen molar-refractivity contribution < 1.29 is 19.5 Å². The number of rotatable bonds is 5. The van der Waals surface area contributed by atoms with Crippen molar-refractivity contribution >= 4 is 17.8 Å². The molecule has 0 saturated carbocycles. The van der Waals surface area contributed by atoms with Crippen LogP contribution < -0.4 is 5.32 Å². The molecule has 1 heterocycles. The first-order chi connectivity index (χ1) is 14.5. The number of nitrogens with zero attached hydrogens (tertiary/aromatic N) is 1.